The van der Waals surface area contributed by atoms with Crippen LogP contribution in [-0.4, -0.2) is 6.54 Å². The van der Waals surface area contributed by atoms with Crippen molar-refractivity contribution in [2.75, 3.05) is 6.54 Å². The van der Waals surface area contributed by atoms with E-state index in [1.165, 1.54) is 0 Å². The molecule has 8 heavy (non-hydrogen) atoms. The van der Waals surface area contributed by atoms with Crippen LogP contribution in [0.2, 0.25) is 0 Å². The fourth-order valence-corrected chi connectivity index (χ4v) is 0.333. The lowest BCUT2D eigenvalue weighted by molar-refractivity contribution is 0.596. The van der Waals surface area contributed by atoms with Gasteiger partial charge in [0.15, 0.2) is 0 Å². The number of rotatable bonds is 2. The molecule has 52 valence electrons. The summed E-state index contributed by atoms with van der Waals surface area (Å²) in [4.78, 5) is 0. The standard InChI is InChI=1S/C5H13N.C2H6/c1-5(2)3-4-6;1-2/h5H,3-4,6H2,1-2H3;1-2H3. The van der Waals surface area contributed by atoms with Crippen LogP contribution < -0.4 is 5.73 Å². The molecule has 0 fully saturated rings. The Morgan fingerprint density at radius 1 is 1.25 bits per heavy atom. The molecule has 0 aliphatic rings. The summed E-state index contributed by atoms with van der Waals surface area (Å²) in [7, 11) is 0. The zero-order valence-corrected chi connectivity index (χ0v) is 6.57. The van der Waals surface area contributed by atoms with Gasteiger partial charge in [-0.25, -0.2) is 0 Å². The SMILES string of the molecule is CC.CC(C)CCN. The van der Waals surface area contributed by atoms with Crippen molar-refractivity contribution in [3.8, 4) is 0 Å². The first-order chi connectivity index (χ1) is 3.77. The molecule has 1 heteroatoms. The van der Waals surface area contributed by atoms with Gasteiger partial charge in [-0.2, -0.15) is 0 Å². The second kappa shape index (κ2) is 10.0. The first-order valence-electron chi connectivity index (χ1n) is 3.47. The van der Waals surface area contributed by atoms with E-state index in [-0.39, 0.29) is 0 Å². The van der Waals surface area contributed by atoms with E-state index in [1.807, 2.05) is 13.8 Å². The molecule has 0 aromatic heterocycles. The van der Waals surface area contributed by atoms with Crippen LogP contribution in [0.15, 0.2) is 0 Å². The highest BCUT2D eigenvalue weighted by Gasteiger charge is 1.85. The summed E-state index contributed by atoms with van der Waals surface area (Å²) in [6, 6.07) is 0. The summed E-state index contributed by atoms with van der Waals surface area (Å²) in [5.74, 6) is 0.773. The number of nitrogens with two attached hydrogens (primary N) is 1. The van der Waals surface area contributed by atoms with Crippen molar-refractivity contribution >= 4 is 0 Å². The van der Waals surface area contributed by atoms with Gasteiger partial charge in [-0.3, -0.25) is 0 Å². The lowest BCUT2D eigenvalue weighted by Crippen LogP contribution is -2.01. The van der Waals surface area contributed by atoms with Gasteiger partial charge in [0.25, 0.3) is 0 Å². The zero-order valence-electron chi connectivity index (χ0n) is 6.57. The third kappa shape index (κ3) is 16.7. The molecule has 0 aromatic carbocycles. The smallest absolute Gasteiger partial charge is 0.00748 e. The van der Waals surface area contributed by atoms with Crippen LogP contribution in [0.4, 0.5) is 0 Å². The van der Waals surface area contributed by atoms with Crippen molar-refractivity contribution in [1.82, 2.24) is 0 Å². The highest BCUT2D eigenvalue weighted by atomic mass is 14.5. The van der Waals surface area contributed by atoms with Gasteiger partial charge < -0.3 is 5.73 Å². The maximum Gasteiger partial charge on any atom is -0.00748 e. The predicted molar refractivity (Wildman–Crippen MR) is 39.9 cm³/mol. The summed E-state index contributed by atoms with van der Waals surface area (Å²) in [5, 5.41) is 0. The molecule has 0 bridgehead atoms. The second-order valence-corrected chi connectivity index (χ2v) is 1.97. The predicted octanol–water partition coefficient (Wildman–Crippen LogP) is 2.02. The van der Waals surface area contributed by atoms with Crippen molar-refractivity contribution in [1.29, 1.82) is 0 Å². The van der Waals surface area contributed by atoms with Gasteiger partial charge in [0.2, 0.25) is 0 Å². The van der Waals surface area contributed by atoms with Gasteiger partial charge in [-0.15, -0.1) is 0 Å². The molecular formula is C7H19N. The molecule has 2 N–H and O–H groups in total. The number of hydrogen-bond acceptors (Lipinski definition) is 1. The van der Waals surface area contributed by atoms with Crippen molar-refractivity contribution in [2.45, 2.75) is 34.1 Å². The molecule has 0 radical (unpaired) electrons. The maximum atomic E-state index is 5.23. The first-order valence-corrected chi connectivity index (χ1v) is 3.47. The van der Waals surface area contributed by atoms with Gasteiger partial charge in [0.05, 0.1) is 0 Å². The monoisotopic (exact) mass is 117 g/mol. The summed E-state index contributed by atoms with van der Waals surface area (Å²) >= 11 is 0. The lowest BCUT2D eigenvalue weighted by atomic mass is 10.1. The average molecular weight is 117 g/mol. The normalized spacial score (nSPS) is 8.25. The summed E-state index contributed by atoms with van der Waals surface area (Å²) in [5.41, 5.74) is 5.23. The van der Waals surface area contributed by atoms with Gasteiger partial charge in [0.1, 0.15) is 0 Å². The Bertz CT molecular complexity index is 25.6. The van der Waals surface area contributed by atoms with Crippen LogP contribution in [0.3, 0.4) is 0 Å². The van der Waals surface area contributed by atoms with Crippen LogP contribution in [0.1, 0.15) is 34.1 Å². The molecule has 0 atom stereocenters. The summed E-state index contributed by atoms with van der Waals surface area (Å²) in [6.45, 7) is 9.18. The molecule has 0 aliphatic heterocycles. The Balaban J connectivity index is 0. The summed E-state index contributed by atoms with van der Waals surface area (Å²) in [6.07, 6.45) is 1.15. The van der Waals surface area contributed by atoms with Crippen LogP contribution in [0, 0.1) is 5.92 Å². The Kier molecular flexibility index (Phi) is 13.6. The van der Waals surface area contributed by atoms with E-state index in [0.717, 1.165) is 18.9 Å². The maximum absolute atomic E-state index is 5.23. The van der Waals surface area contributed by atoms with Gasteiger partial charge >= 0.3 is 0 Å². The van der Waals surface area contributed by atoms with E-state index in [2.05, 4.69) is 13.8 Å². The quantitative estimate of drug-likeness (QED) is 0.588. The van der Waals surface area contributed by atoms with E-state index in [9.17, 15) is 0 Å². The molecule has 0 amide bonds. The molecule has 0 rings (SSSR count). The fraction of sp³-hybridized carbons (Fsp3) is 1.00. The minimum atomic E-state index is 0.773. The minimum absolute atomic E-state index is 0.773. The lowest BCUT2D eigenvalue weighted by Gasteiger charge is -1.96. The second-order valence-electron chi connectivity index (χ2n) is 1.97. The molecular weight excluding hydrogens is 98.1 g/mol. The topological polar surface area (TPSA) is 26.0 Å². The first kappa shape index (κ1) is 10.9. The van der Waals surface area contributed by atoms with E-state index in [4.69, 9.17) is 5.73 Å². The van der Waals surface area contributed by atoms with Crippen LogP contribution in [-0.2, 0) is 0 Å². The molecule has 0 spiro atoms. The molecule has 1 nitrogen and oxygen atoms in total. The molecule has 0 aliphatic carbocycles. The summed E-state index contributed by atoms with van der Waals surface area (Å²) < 4.78 is 0. The van der Waals surface area contributed by atoms with Crippen molar-refractivity contribution < 1.29 is 0 Å². The Labute approximate surface area is 53.3 Å². The molecule has 0 aromatic rings. The molecule has 0 saturated heterocycles. The Morgan fingerprint density at radius 2 is 1.62 bits per heavy atom. The molecule has 0 saturated carbocycles. The average Bonchev–Trinajstić information content (AvgIpc) is 1.72. The van der Waals surface area contributed by atoms with E-state index in [1.54, 1.807) is 0 Å². The number of hydrogen-bond donors (Lipinski definition) is 1. The van der Waals surface area contributed by atoms with Crippen molar-refractivity contribution in [3.63, 3.8) is 0 Å². The van der Waals surface area contributed by atoms with E-state index in [0.29, 0.717) is 0 Å². The third-order valence-corrected chi connectivity index (χ3v) is 0.744. The van der Waals surface area contributed by atoms with Crippen LogP contribution >= 0.6 is 0 Å². The Morgan fingerprint density at radius 3 is 1.62 bits per heavy atom. The van der Waals surface area contributed by atoms with Crippen LogP contribution in [0.25, 0.3) is 0 Å². The molecule has 0 unspecified atom stereocenters. The fourth-order valence-electron chi connectivity index (χ4n) is 0.333. The van der Waals surface area contributed by atoms with Gasteiger partial charge in [-0.05, 0) is 18.9 Å². The van der Waals surface area contributed by atoms with E-state index >= 15 is 0 Å². The minimum Gasteiger partial charge on any atom is -0.330 e. The highest BCUT2D eigenvalue weighted by molar-refractivity contribution is 4.42. The zero-order chi connectivity index (χ0) is 6.99. The van der Waals surface area contributed by atoms with Crippen molar-refractivity contribution in [2.24, 2.45) is 11.7 Å². The van der Waals surface area contributed by atoms with Crippen molar-refractivity contribution in [3.05, 3.63) is 0 Å². The van der Waals surface area contributed by atoms with Gasteiger partial charge in [-0.1, -0.05) is 27.7 Å². The van der Waals surface area contributed by atoms with E-state index < -0.39 is 0 Å². The largest absolute Gasteiger partial charge is 0.330 e. The Hall–Kier alpha value is -0.0400. The van der Waals surface area contributed by atoms with Gasteiger partial charge in [0, 0.05) is 0 Å². The highest BCUT2D eigenvalue weighted by Crippen LogP contribution is 1.93. The van der Waals surface area contributed by atoms with Crippen LogP contribution in [0.5, 0.6) is 0 Å². The third-order valence-electron chi connectivity index (χ3n) is 0.744. The molecule has 0 heterocycles.